The van der Waals surface area contributed by atoms with E-state index in [2.05, 4.69) is 0 Å². The minimum absolute atomic E-state index is 0.741. The molecule has 15 atom stereocenters. The Bertz CT molecular complexity index is 635. The van der Waals surface area contributed by atoms with Crippen molar-refractivity contribution in [1.82, 2.24) is 0 Å². The van der Waals surface area contributed by atoms with Gasteiger partial charge in [0.2, 0.25) is 0 Å². The predicted octanol–water partition coefficient (Wildman–Crippen LogP) is -7.57. The van der Waals surface area contributed by atoms with Gasteiger partial charge in [0.25, 0.3) is 0 Å². The number of hydrogen-bond donors (Lipinski definition) is 11. The molecule has 0 radical (unpaired) electrons. The molecule has 3 heterocycles. The monoisotopic (exact) mass is 504 g/mol. The van der Waals surface area contributed by atoms with Gasteiger partial charge in [-0.3, -0.25) is 0 Å². The Labute approximate surface area is 192 Å². The standard InChI is InChI=1S/C18H32O16/c19-1-4-7(22)8(23)12(27)17(31-4)34-15-6(3-21)32-18(13(28)10(15)25)33-14-5(2-20)30-16(29)11(26)9(14)24/h4-29H,1-3H2/t4-,5+,6-,7+,8-,9+,10+,11+,12-,13-,14+,15+,16+,17+,18+/m1/s1. The molecule has 11 N–H and O–H groups in total. The first-order valence-corrected chi connectivity index (χ1v) is 10.6. The molecule has 0 aromatic rings. The second-order valence-corrected chi connectivity index (χ2v) is 8.33. The van der Waals surface area contributed by atoms with Crippen LogP contribution in [-0.2, 0) is 23.7 Å². The van der Waals surface area contributed by atoms with Crippen LogP contribution in [0.2, 0.25) is 0 Å². The van der Waals surface area contributed by atoms with E-state index in [1.54, 1.807) is 0 Å². The molecule has 0 spiro atoms. The number of aliphatic hydroxyl groups excluding tert-OH is 11. The number of hydrogen-bond acceptors (Lipinski definition) is 16. The van der Waals surface area contributed by atoms with E-state index in [0.717, 1.165) is 0 Å². The van der Waals surface area contributed by atoms with Gasteiger partial charge in [0.15, 0.2) is 18.9 Å². The van der Waals surface area contributed by atoms with Gasteiger partial charge in [-0.1, -0.05) is 0 Å². The van der Waals surface area contributed by atoms with Crippen molar-refractivity contribution in [3.8, 4) is 0 Å². The van der Waals surface area contributed by atoms with Crippen molar-refractivity contribution in [2.24, 2.45) is 0 Å². The highest BCUT2D eigenvalue weighted by Crippen LogP contribution is 2.32. The second kappa shape index (κ2) is 11.6. The highest BCUT2D eigenvalue weighted by atomic mass is 16.8. The smallest absolute Gasteiger partial charge is 0.187 e. The Morgan fingerprint density at radius 2 is 0.853 bits per heavy atom. The van der Waals surface area contributed by atoms with Gasteiger partial charge in [0.05, 0.1) is 19.8 Å². The molecule has 3 fully saturated rings. The van der Waals surface area contributed by atoms with E-state index >= 15 is 0 Å². The summed E-state index contributed by atoms with van der Waals surface area (Å²) < 4.78 is 26.4. The summed E-state index contributed by atoms with van der Waals surface area (Å²) in [5.41, 5.74) is 0. The van der Waals surface area contributed by atoms with Crippen molar-refractivity contribution in [2.75, 3.05) is 19.8 Å². The van der Waals surface area contributed by atoms with Gasteiger partial charge >= 0.3 is 0 Å². The summed E-state index contributed by atoms with van der Waals surface area (Å²) in [6, 6.07) is 0. The van der Waals surface area contributed by atoms with Crippen LogP contribution in [0, 0.1) is 0 Å². The predicted molar refractivity (Wildman–Crippen MR) is 101 cm³/mol. The molecule has 34 heavy (non-hydrogen) atoms. The van der Waals surface area contributed by atoms with Gasteiger partial charge in [0, 0.05) is 0 Å². The van der Waals surface area contributed by atoms with Gasteiger partial charge in [-0.25, -0.2) is 0 Å². The molecule has 200 valence electrons. The minimum atomic E-state index is -1.91. The molecule has 0 saturated carbocycles. The summed E-state index contributed by atoms with van der Waals surface area (Å²) in [6.45, 7) is -2.32. The summed E-state index contributed by atoms with van der Waals surface area (Å²) in [5, 5.41) is 109. The maximum absolute atomic E-state index is 10.6. The third kappa shape index (κ3) is 5.37. The molecule has 3 rings (SSSR count). The van der Waals surface area contributed by atoms with Crippen LogP contribution in [0.3, 0.4) is 0 Å². The zero-order valence-electron chi connectivity index (χ0n) is 17.7. The van der Waals surface area contributed by atoms with E-state index in [1.165, 1.54) is 0 Å². The van der Waals surface area contributed by atoms with Crippen LogP contribution in [-0.4, -0.2) is 168 Å². The molecule has 0 bridgehead atoms. The van der Waals surface area contributed by atoms with E-state index in [0.29, 0.717) is 0 Å². The SMILES string of the molecule is OC[C@@H]1O[C@H](O)[C@@H](O)[C@H](O)[C@H]1O[C@@H]1O[C@H](CO)[C@H](O[C@@H]2O[C@H](CO)[C@H](O)[C@@H](O)[C@H]2O)[C@@H](O)[C@H]1O. The van der Waals surface area contributed by atoms with Crippen molar-refractivity contribution in [3.63, 3.8) is 0 Å². The Balaban J connectivity index is 1.72. The number of rotatable bonds is 7. The molecule has 0 amide bonds. The Morgan fingerprint density at radius 1 is 0.441 bits per heavy atom. The van der Waals surface area contributed by atoms with Gasteiger partial charge < -0.3 is 79.9 Å². The van der Waals surface area contributed by atoms with Gasteiger partial charge in [-0.2, -0.15) is 0 Å². The largest absolute Gasteiger partial charge is 0.394 e. The average molecular weight is 504 g/mol. The zero-order chi connectivity index (χ0) is 25.3. The Hall–Kier alpha value is -0.640. The molecule has 0 aromatic carbocycles. The van der Waals surface area contributed by atoms with Crippen LogP contribution >= 0.6 is 0 Å². The van der Waals surface area contributed by atoms with E-state index in [4.69, 9.17) is 23.7 Å². The fourth-order valence-electron chi connectivity index (χ4n) is 4.06. The summed E-state index contributed by atoms with van der Waals surface area (Å²) >= 11 is 0. The van der Waals surface area contributed by atoms with Crippen molar-refractivity contribution in [2.45, 2.75) is 92.1 Å². The maximum atomic E-state index is 10.6. The fourth-order valence-corrected chi connectivity index (χ4v) is 4.06. The first kappa shape index (κ1) is 27.9. The lowest BCUT2D eigenvalue weighted by Crippen LogP contribution is -2.66. The normalized spacial score (nSPS) is 52.5. The van der Waals surface area contributed by atoms with E-state index < -0.39 is 112 Å². The molecule has 16 nitrogen and oxygen atoms in total. The Kier molecular flexibility index (Phi) is 9.54. The molecule has 0 aliphatic carbocycles. The highest BCUT2D eigenvalue weighted by Gasteiger charge is 2.53. The molecular weight excluding hydrogens is 472 g/mol. The first-order chi connectivity index (χ1) is 16.0. The lowest BCUT2D eigenvalue weighted by atomic mass is 9.96. The Morgan fingerprint density at radius 3 is 1.35 bits per heavy atom. The van der Waals surface area contributed by atoms with Crippen LogP contribution in [0.25, 0.3) is 0 Å². The van der Waals surface area contributed by atoms with Crippen LogP contribution in [0.5, 0.6) is 0 Å². The van der Waals surface area contributed by atoms with Crippen LogP contribution in [0.15, 0.2) is 0 Å². The molecule has 0 unspecified atom stereocenters. The zero-order valence-corrected chi connectivity index (χ0v) is 17.7. The van der Waals surface area contributed by atoms with E-state index in [9.17, 15) is 56.2 Å². The van der Waals surface area contributed by atoms with Gasteiger partial charge in [0.1, 0.15) is 73.2 Å². The molecule has 3 aliphatic heterocycles. The fraction of sp³-hybridized carbons (Fsp3) is 1.00. The third-order valence-electron chi connectivity index (χ3n) is 6.09. The van der Waals surface area contributed by atoms with Crippen LogP contribution in [0.4, 0.5) is 0 Å². The molecule has 3 aliphatic rings. The van der Waals surface area contributed by atoms with Crippen LogP contribution in [0.1, 0.15) is 0 Å². The van der Waals surface area contributed by atoms with Gasteiger partial charge in [-0.15, -0.1) is 0 Å². The highest BCUT2D eigenvalue weighted by molar-refractivity contribution is 4.96. The molecule has 16 heteroatoms. The number of ether oxygens (including phenoxy) is 5. The quantitative estimate of drug-likeness (QED) is 0.154. The topological polar surface area (TPSA) is 269 Å². The molecular formula is C18H32O16. The second-order valence-electron chi connectivity index (χ2n) is 8.33. The third-order valence-corrected chi connectivity index (χ3v) is 6.09. The maximum Gasteiger partial charge on any atom is 0.187 e. The van der Waals surface area contributed by atoms with Crippen molar-refractivity contribution in [1.29, 1.82) is 0 Å². The minimum Gasteiger partial charge on any atom is -0.394 e. The summed E-state index contributed by atoms with van der Waals surface area (Å²) in [6.07, 6.45) is -25.1. The first-order valence-electron chi connectivity index (χ1n) is 10.6. The summed E-state index contributed by atoms with van der Waals surface area (Å²) in [4.78, 5) is 0. The van der Waals surface area contributed by atoms with E-state index in [1.807, 2.05) is 0 Å². The van der Waals surface area contributed by atoms with Gasteiger partial charge in [-0.05, 0) is 0 Å². The molecule has 0 aromatic heterocycles. The molecule has 3 saturated heterocycles. The summed E-state index contributed by atoms with van der Waals surface area (Å²) in [7, 11) is 0. The van der Waals surface area contributed by atoms with E-state index in [-0.39, 0.29) is 0 Å². The summed E-state index contributed by atoms with van der Waals surface area (Å²) in [5.74, 6) is 0. The lowest BCUT2D eigenvalue weighted by Gasteiger charge is -2.47. The average Bonchev–Trinajstić information content (AvgIpc) is 2.83. The van der Waals surface area contributed by atoms with Crippen LogP contribution < -0.4 is 0 Å². The van der Waals surface area contributed by atoms with Crippen molar-refractivity contribution in [3.05, 3.63) is 0 Å². The lowest BCUT2D eigenvalue weighted by molar-refractivity contribution is -0.377. The van der Waals surface area contributed by atoms with Crippen molar-refractivity contribution >= 4 is 0 Å². The number of aliphatic hydroxyl groups is 11. The van der Waals surface area contributed by atoms with Crippen molar-refractivity contribution < 1.29 is 79.9 Å².